The Balaban J connectivity index is 1.35. The second kappa shape index (κ2) is 5.13. The summed E-state index contributed by atoms with van der Waals surface area (Å²) in [6.07, 6.45) is 6.24. The predicted molar refractivity (Wildman–Crippen MR) is 79.2 cm³/mol. The highest BCUT2D eigenvalue weighted by Gasteiger charge is 2.38. The standard InChI is InChI=1S/C16H20N2O3/c19-17-8-11-5-12(6-11)16-18-14-4-3-13(7-15(14)21-16)20-9-10-1-2-10/h3-4,7-8,10-12,16,18-19H,1-2,5-6,9H2/b17-8+. The Bertz CT molecular complexity index is 550. The Morgan fingerprint density at radius 3 is 3.00 bits per heavy atom. The zero-order chi connectivity index (χ0) is 14.2. The van der Waals surface area contributed by atoms with E-state index in [1.807, 2.05) is 18.2 Å². The second-order valence-electron chi connectivity index (χ2n) is 6.35. The number of nitrogens with zero attached hydrogens (tertiary/aromatic N) is 1. The molecular weight excluding hydrogens is 268 g/mol. The minimum absolute atomic E-state index is 0.0297. The molecule has 1 aliphatic heterocycles. The third-order valence-electron chi connectivity index (χ3n) is 4.60. The van der Waals surface area contributed by atoms with Gasteiger partial charge in [-0.3, -0.25) is 0 Å². The largest absolute Gasteiger partial charge is 0.493 e. The number of anilines is 1. The number of benzene rings is 1. The molecule has 4 rings (SSSR count). The first-order valence-corrected chi connectivity index (χ1v) is 7.69. The third-order valence-corrected chi connectivity index (χ3v) is 4.60. The molecule has 1 unspecified atom stereocenters. The van der Waals surface area contributed by atoms with Crippen LogP contribution in [0.5, 0.6) is 11.5 Å². The zero-order valence-corrected chi connectivity index (χ0v) is 11.9. The molecular formula is C16H20N2O3. The maximum Gasteiger partial charge on any atom is 0.173 e. The Morgan fingerprint density at radius 1 is 1.38 bits per heavy atom. The average Bonchev–Trinajstić information content (AvgIpc) is 3.18. The van der Waals surface area contributed by atoms with Crippen LogP contribution in [0.25, 0.3) is 0 Å². The van der Waals surface area contributed by atoms with Crippen LogP contribution >= 0.6 is 0 Å². The van der Waals surface area contributed by atoms with Gasteiger partial charge in [0.1, 0.15) is 11.5 Å². The van der Waals surface area contributed by atoms with Crippen molar-refractivity contribution >= 4 is 11.9 Å². The van der Waals surface area contributed by atoms with E-state index in [1.165, 1.54) is 12.8 Å². The summed E-state index contributed by atoms with van der Waals surface area (Å²) in [4.78, 5) is 0. The van der Waals surface area contributed by atoms with Gasteiger partial charge in [0.2, 0.25) is 0 Å². The van der Waals surface area contributed by atoms with Crippen molar-refractivity contribution in [1.29, 1.82) is 0 Å². The summed E-state index contributed by atoms with van der Waals surface area (Å²) in [7, 11) is 0. The maximum atomic E-state index is 8.53. The summed E-state index contributed by atoms with van der Waals surface area (Å²) >= 11 is 0. The minimum Gasteiger partial charge on any atom is -0.493 e. The van der Waals surface area contributed by atoms with Crippen LogP contribution in [-0.4, -0.2) is 24.3 Å². The first kappa shape index (κ1) is 12.8. The highest BCUT2D eigenvalue weighted by molar-refractivity contribution is 5.64. The van der Waals surface area contributed by atoms with Crippen molar-refractivity contribution in [3.05, 3.63) is 18.2 Å². The van der Waals surface area contributed by atoms with Gasteiger partial charge in [0.05, 0.1) is 12.3 Å². The summed E-state index contributed by atoms with van der Waals surface area (Å²) in [5.74, 6) is 3.38. The Morgan fingerprint density at radius 2 is 2.24 bits per heavy atom. The van der Waals surface area contributed by atoms with Gasteiger partial charge in [-0.2, -0.15) is 0 Å². The van der Waals surface area contributed by atoms with Crippen molar-refractivity contribution in [3.63, 3.8) is 0 Å². The fourth-order valence-electron chi connectivity index (χ4n) is 3.01. The summed E-state index contributed by atoms with van der Waals surface area (Å²) < 4.78 is 11.8. The van der Waals surface area contributed by atoms with Crippen molar-refractivity contribution < 1.29 is 14.7 Å². The SMILES string of the molecule is O/N=C/C1CC(C2Nc3ccc(OCC4CC4)cc3O2)C1. The van der Waals surface area contributed by atoms with Crippen LogP contribution in [0.15, 0.2) is 23.4 Å². The van der Waals surface area contributed by atoms with Crippen LogP contribution < -0.4 is 14.8 Å². The number of oxime groups is 1. The number of fused-ring (bicyclic) bond motifs is 1. The molecule has 3 aliphatic rings. The van der Waals surface area contributed by atoms with Gasteiger partial charge in [-0.05, 0) is 49.7 Å². The van der Waals surface area contributed by atoms with Crippen LogP contribution in [0.1, 0.15) is 25.7 Å². The van der Waals surface area contributed by atoms with Crippen LogP contribution in [0.4, 0.5) is 5.69 Å². The molecule has 0 amide bonds. The Hall–Kier alpha value is -1.91. The van der Waals surface area contributed by atoms with Gasteiger partial charge in [-0.1, -0.05) is 0 Å². The van der Waals surface area contributed by atoms with Gasteiger partial charge < -0.3 is 20.0 Å². The number of rotatable bonds is 5. The van der Waals surface area contributed by atoms with Gasteiger partial charge >= 0.3 is 0 Å². The molecule has 0 saturated heterocycles. The van der Waals surface area contributed by atoms with E-state index in [2.05, 4.69) is 10.5 Å². The molecule has 1 aromatic rings. The molecule has 2 fully saturated rings. The summed E-state index contributed by atoms with van der Waals surface area (Å²) in [5, 5.41) is 15.1. The van der Waals surface area contributed by atoms with E-state index in [0.29, 0.717) is 11.8 Å². The predicted octanol–water partition coefficient (Wildman–Crippen LogP) is 3.09. The van der Waals surface area contributed by atoms with Gasteiger partial charge in [0, 0.05) is 18.2 Å². The van der Waals surface area contributed by atoms with Gasteiger partial charge in [-0.15, -0.1) is 5.16 Å². The van der Waals surface area contributed by atoms with E-state index in [9.17, 15) is 0 Å². The molecule has 112 valence electrons. The zero-order valence-electron chi connectivity index (χ0n) is 11.9. The van der Waals surface area contributed by atoms with Crippen LogP contribution in [0.2, 0.25) is 0 Å². The van der Waals surface area contributed by atoms with E-state index in [1.54, 1.807) is 6.21 Å². The highest BCUT2D eigenvalue weighted by atomic mass is 16.5. The Labute approximate surface area is 123 Å². The average molecular weight is 288 g/mol. The van der Waals surface area contributed by atoms with Crippen LogP contribution in [0.3, 0.4) is 0 Å². The quantitative estimate of drug-likeness (QED) is 0.496. The van der Waals surface area contributed by atoms with Crippen molar-refractivity contribution in [2.24, 2.45) is 22.9 Å². The monoisotopic (exact) mass is 288 g/mol. The summed E-state index contributed by atoms with van der Waals surface area (Å²) in [5.41, 5.74) is 1.04. The lowest BCUT2D eigenvalue weighted by Gasteiger charge is -2.35. The molecule has 2 saturated carbocycles. The third kappa shape index (κ3) is 2.64. The number of nitrogens with one attached hydrogen (secondary N) is 1. The minimum atomic E-state index is 0.0297. The molecule has 5 heteroatoms. The lowest BCUT2D eigenvalue weighted by molar-refractivity contribution is 0.0987. The molecule has 2 N–H and O–H groups in total. The van der Waals surface area contributed by atoms with E-state index >= 15 is 0 Å². The van der Waals surface area contributed by atoms with E-state index in [0.717, 1.165) is 42.6 Å². The topological polar surface area (TPSA) is 63.1 Å². The van der Waals surface area contributed by atoms with Gasteiger partial charge in [0.25, 0.3) is 0 Å². The highest BCUT2D eigenvalue weighted by Crippen LogP contribution is 2.43. The Kier molecular flexibility index (Phi) is 3.13. The van der Waals surface area contributed by atoms with E-state index in [4.69, 9.17) is 14.7 Å². The lowest BCUT2D eigenvalue weighted by Crippen LogP contribution is -2.40. The molecule has 1 aromatic carbocycles. The lowest BCUT2D eigenvalue weighted by atomic mass is 9.74. The first-order valence-electron chi connectivity index (χ1n) is 7.69. The molecule has 0 radical (unpaired) electrons. The molecule has 2 aliphatic carbocycles. The first-order chi connectivity index (χ1) is 10.3. The summed E-state index contributed by atoms with van der Waals surface area (Å²) in [6, 6.07) is 6.01. The number of hydrogen-bond donors (Lipinski definition) is 2. The van der Waals surface area contributed by atoms with Crippen LogP contribution in [-0.2, 0) is 0 Å². The van der Waals surface area contributed by atoms with E-state index < -0.39 is 0 Å². The number of ether oxygens (including phenoxy) is 2. The van der Waals surface area contributed by atoms with Crippen molar-refractivity contribution in [2.75, 3.05) is 11.9 Å². The summed E-state index contributed by atoms with van der Waals surface area (Å²) in [6.45, 7) is 0.820. The molecule has 1 heterocycles. The molecule has 1 atom stereocenters. The molecule has 0 bridgehead atoms. The number of hydrogen-bond acceptors (Lipinski definition) is 5. The molecule has 21 heavy (non-hydrogen) atoms. The van der Waals surface area contributed by atoms with Crippen molar-refractivity contribution in [1.82, 2.24) is 0 Å². The maximum absolute atomic E-state index is 8.53. The van der Waals surface area contributed by atoms with Crippen molar-refractivity contribution in [3.8, 4) is 11.5 Å². The van der Waals surface area contributed by atoms with Crippen LogP contribution in [0, 0.1) is 17.8 Å². The molecule has 0 aromatic heterocycles. The normalized spacial score (nSPS) is 30.4. The molecule has 0 spiro atoms. The smallest absolute Gasteiger partial charge is 0.173 e. The van der Waals surface area contributed by atoms with Gasteiger partial charge in [0.15, 0.2) is 6.23 Å². The fourth-order valence-corrected chi connectivity index (χ4v) is 3.01. The van der Waals surface area contributed by atoms with E-state index in [-0.39, 0.29) is 6.23 Å². The molecule has 5 nitrogen and oxygen atoms in total. The van der Waals surface area contributed by atoms with Gasteiger partial charge in [-0.25, -0.2) is 0 Å². The van der Waals surface area contributed by atoms with Crippen molar-refractivity contribution in [2.45, 2.75) is 31.9 Å². The second-order valence-corrected chi connectivity index (χ2v) is 6.35. The fraction of sp³-hybridized carbons (Fsp3) is 0.562.